The number of allylic oxidation sites excluding steroid dienone is 12. The van der Waals surface area contributed by atoms with Crippen LogP contribution in [0.4, 0.5) is 0 Å². The van der Waals surface area contributed by atoms with Gasteiger partial charge in [0.1, 0.15) is 6.61 Å². The van der Waals surface area contributed by atoms with Gasteiger partial charge in [-0.25, -0.2) is 0 Å². The van der Waals surface area contributed by atoms with Crippen LogP contribution in [-0.2, 0) is 23.8 Å². The van der Waals surface area contributed by atoms with E-state index in [2.05, 4.69) is 93.7 Å². The zero-order valence-electron chi connectivity index (χ0n) is 41.1. The van der Waals surface area contributed by atoms with E-state index in [-0.39, 0.29) is 25.2 Å². The number of carbonyl (C=O) groups is 2. The Kier molecular flexibility index (Phi) is 50.4. The summed E-state index contributed by atoms with van der Waals surface area (Å²) >= 11 is 0. The molecule has 0 saturated carbocycles. The van der Waals surface area contributed by atoms with E-state index in [4.69, 9.17) is 14.2 Å². The molecule has 5 heteroatoms. The molecule has 0 radical (unpaired) electrons. The van der Waals surface area contributed by atoms with Crippen LogP contribution in [0.2, 0.25) is 0 Å². The fourth-order valence-electron chi connectivity index (χ4n) is 7.30. The SMILES string of the molecule is CC/C=C\C/C=C\C/C=C\C/C=C\C/C=C\CCCCOCC(COC(=O)CCCCCCCCC/C=C\CCCCCCCC)OC(=O)CCCCCCCCCCCCC. The molecule has 0 heterocycles. The molecule has 0 aliphatic rings. The number of carbonyl (C=O) groups excluding carboxylic acids is 2. The molecule has 5 nitrogen and oxygen atoms in total. The second kappa shape index (κ2) is 52.7. The van der Waals surface area contributed by atoms with Crippen LogP contribution in [0.15, 0.2) is 72.9 Å². The molecule has 0 spiro atoms. The number of unbranched alkanes of at least 4 members (excludes halogenated alkanes) is 25. The van der Waals surface area contributed by atoms with Gasteiger partial charge < -0.3 is 14.2 Å². The molecule has 1 unspecified atom stereocenters. The molecule has 0 amide bonds. The van der Waals surface area contributed by atoms with Gasteiger partial charge in [0.25, 0.3) is 0 Å². The first-order valence-electron chi connectivity index (χ1n) is 26.5. The van der Waals surface area contributed by atoms with Crippen molar-refractivity contribution in [3.05, 3.63) is 72.9 Å². The molecule has 0 rings (SSSR count). The minimum absolute atomic E-state index is 0.0657. The molecule has 358 valence electrons. The Labute approximate surface area is 385 Å². The molecule has 0 saturated heterocycles. The first kappa shape index (κ1) is 59.3. The Morgan fingerprint density at radius 3 is 1.18 bits per heavy atom. The molecule has 0 N–H and O–H groups in total. The number of hydrogen-bond donors (Lipinski definition) is 0. The summed E-state index contributed by atoms with van der Waals surface area (Å²) in [5, 5.41) is 0. The molecule has 0 aromatic heterocycles. The lowest BCUT2D eigenvalue weighted by molar-refractivity contribution is -0.163. The summed E-state index contributed by atoms with van der Waals surface area (Å²) in [4.78, 5) is 25.4. The molecule has 0 aromatic rings. The summed E-state index contributed by atoms with van der Waals surface area (Å²) in [6, 6.07) is 0. The van der Waals surface area contributed by atoms with Gasteiger partial charge in [0.15, 0.2) is 6.10 Å². The predicted molar refractivity (Wildman–Crippen MR) is 270 cm³/mol. The Balaban J connectivity index is 4.31. The van der Waals surface area contributed by atoms with E-state index in [9.17, 15) is 9.59 Å². The van der Waals surface area contributed by atoms with Crippen LogP contribution in [0.3, 0.4) is 0 Å². The maximum absolute atomic E-state index is 12.8. The van der Waals surface area contributed by atoms with Gasteiger partial charge in [-0.15, -0.1) is 0 Å². The summed E-state index contributed by atoms with van der Waals surface area (Å²) in [5.41, 5.74) is 0. The Bertz CT molecular complexity index is 1110. The highest BCUT2D eigenvalue weighted by atomic mass is 16.6. The predicted octanol–water partition coefficient (Wildman–Crippen LogP) is 17.9. The molecular weight excluding hydrogens is 765 g/mol. The first-order valence-corrected chi connectivity index (χ1v) is 26.5. The normalized spacial score (nSPS) is 12.8. The number of rotatable bonds is 48. The highest BCUT2D eigenvalue weighted by Crippen LogP contribution is 2.14. The van der Waals surface area contributed by atoms with E-state index in [1.54, 1.807) is 0 Å². The van der Waals surface area contributed by atoms with Crippen molar-refractivity contribution >= 4 is 11.9 Å². The van der Waals surface area contributed by atoms with Gasteiger partial charge in [-0.2, -0.15) is 0 Å². The number of hydrogen-bond acceptors (Lipinski definition) is 5. The van der Waals surface area contributed by atoms with Gasteiger partial charge in [0.2, 0.25) is 0 Å². The van der Waals surface area contributed by atoms with Crippen LogP contribution in [0.1, 0.15) is 252 Å². The topological polar surface area (TPSA) is 61.8 Å². The maximum Gasteiger partial charge on any atom is 0.306 e. The first-order chi connectivity index (χ1) is 30.6. The minimum Gasteiger partial charge on any atom is -0.462 e. The van der Waals surface area contributed by atoms with Crippen molar-refractivity contribution in [2.24, 2.45) is 0 Å². The molecule has 1 atom stereocenters. The molecule has 62 heavy (non-hydrogen) atoms. The molecule has 0 aliphatic heterocycles. The lowest BCUT2D eigenvalue weighted by atomic mass is 10.1. The second-order valence-electron chi connectivity index (χ2n) is 17.4. The summed E-state index contributed by atoms with van der Waals surface area (Å²) in [6.45, 7) is 7.62. The Morgan fingerprint density at radius 2 is 0.726 bits per heavy atom. The lowest BCUT2D eigenvalue weighted by Gasteiger charge is -2.18. The average Bonchev–Trinajstić information content (AvgIpc) is 3.27. The van der Waals surface area contributed by atoms with Crippen LogP contribution in [0, 0.1) is 0 Å². The smallest absolute Gasteiger partial charge is 0.306 e. The van der Waals surface area contributed by atoms with Crippen molar-refractivity contribution in [1.82, 2.24) is 0 Å². The van der Waals surface area contributed by atoms with Crippen LogP contribution >= 0.6 is 0 Å². The monoisotopic (exact) mass is 865 g/mol. The third-order valence-corrected chi connectivity index (χ3v) is 11.2. The highest BCUT2D eigenvalue weighted by molar-refractivity contribution is 5.70. The van der Waals surface area contributed by atoms with E-state index >= 15 is 0 Å². The van der Waals surface area contributed by atoms with Crippen molar-refractivity contribution in [3.63, 3.8) is 0 Å². The fourth-order valence-corrected chi connectivity index (χ4v) is 7.30. The summed E-state index contributed by atoms with van der Waals surface area (Å²) in [7, 11) is 0. The number of esters is 2. The third-order valence-electron chi connectivity index (χ3n) is 11.2. The van der Waals surface area contributed by atoms with Gasteiger partial charge in [-0.1, -0.05) is 222 Å². The molecular formula is C57H100O5. The van der Waals surface area contributed by atoms with Crippen molar-refractivity contribution in [3.8, 4) is 0 Å². The van der Waals surface area contributed by atoms with Gasteiger partial charge in [0, 0.05) is 19.4 Å². The van der Waals surface area contributed by atoms with Gasteiger partial charge in [-0.3, -0.25) is 9.59 Å². The quantitative estimate of drug-likeness (QED) is 0.0346. The van der Waals surface area contributed by atoms with Crippen molar-refractivity contribution in [1.29, 1.82) is 0 Å². The zero-order valence-corrected chi connectivity index (χ0v) is 41.1. The maximum atomic E-state index is 12.8. The summed E-state index contributed by atoms with van der Waals surface area (Å²) in [6.07, 6.45) is 67.7. The van der Waals surface area contributed by atoms with Crippen molar-refractivity contribution in [2.45, 2.75) is 258 Å². The largest absolute Gasteiger partial charge is 0.462 e. The Morgan fingerprint density at radius 1 is 0.371 bits per heavy atom. The highest BCUT2D eigenvalue weighted by Gasteiger charge is 2.17. The zero-order chi connectivity index (χ0) is 44.9. The van der Waals surface area contributed by atoms with Crippen LogP contribution in [0.5, 0.6) is 0 Å². The van der Waals surface area contributed by atoms with E-state index in [0.717, 1.165) is 83.5 Å². The molecule has 0 fully saturated rings. The standard InChI is InChI=1S/C57H100O5/c1-4-7-10-13-16-19-22-24-26-28-30-32-34-37-40-43-46-49-52-60-53-55(62-57(59)51-48-45-42-39-35-21-18-15-12-9-6-3)54-61-56(58)50-47-44-41-38-36-33-31-29-27-25-23-20-17-14-11-8-5-2/h7,10,16,19,24-27,30,32,37,40,55H,4-6,8-9,11-15,17-18,20-23,28-29,31,33-36,38-39,41-54H2,1-3H3/b10-7-,19-16-,26-24-,27-25-,32-30-,40-37-. The number of ether oxygens (including phenoxy) is 3. The van der Waals surface area contributed by atoms with Crippen molar-refractivity contribution in [2.75, 3.05) is 19.8 Å². The average molecular weight is 865 g/mol. The Hall–Kier alpha value is -2.66. The van der Waals surface area contributed by atoms with E-state index in [1.165, 1.54) is 135 Å². The molecule has 0 aromatic carbocycles. The summed E-state index contributed by atoms with van der Waals surface area (Å²) < 4.78 is 17.4. The van der Waals surface area contributed by atoms with E-state index in [0.29, 0.717) is 19.4 Å². The van der Waals surface area contributed by atoms with Gasteiger partial charge in [0.05, 0.1) is 6.61 Å². The van der Waals surface area contributed by atoms with Crippen LogP contribution < -0.4 is 0 Å². The third kappa shape index (κ3) is 50.0. The molecule has 0 aliphatic carbocycles. The van der Waals surface area contributed by atoms with E-state index in [1.807, 2.05) is 0 Å². The van der Waals surface area contributed by atoms with Gasteiger partial charge in [-0.05, 0) is 89.9 Å². The summed E-state index contributed by atoms with van der Waals surface area (Å²) in [5.74, 6) is -0.422. The van der Waals surface area contributed by atoms with Crippen LogP contribution in [-0.4, -0.2) is 37.9 Å². The van der Waals surface area contributed by atoms with Crippen molar-refractivity contribution < 1.29 is 23.8 Å². The molecule has 0 bridgehead atoms. The minimum atomic E-state index is -0.560. The van der Waals surface area contributed by atoms with Gasteiger partial charge >= 0.3 is 11.9 Å². The second-order valence-corrected chi connectivity index (χ2v) is 17.4. The lowest BCUT2D eigenvalue weighted by Crippen LogP contribution is -2.30. The van der Waals surface area contributed by atoms with E-state index < -0.39 is 6.10 Å². The van der Waals surface area contributed by atoms with Crippen LogP contribution in [0.25, 0.3) is 0 Å². The fraction of sp³-hybridized carbons (Fsp3) is 0.754.